The summed E-state index contributed by atoms with van der Waals surface area (Å²) >= 11 is 0. The minimum atomic E-state index is -5.28. The number of benzene rings is 2. The van der Waals surface area contributed by atoms with Crippen LogP contribution in [-0.4, -0.2) is 123 Å². The van der Waals surface area contributed by atoms with Gasteiger partial charge >= 0.3 is 12.1 Å². The zero-order valence-corrected chi connectivity index (χ0v) is 44.3. The number of carbonyl (C=O) groups is 9. The molecular formula is C57H60F4N6O13. The lowest BCUT2D eigenvalue weighted by Gasteiger charge is -2.37. The Balaban J connectivity index is 0.870. The number of hydrogen-bond donors (Lipinski definition) is 3. The molecule has 2 aromatic heterocycles. The number of halogens is 4. The Morgan fingerprint density at radius 3 is 2.31 bits per heavy atom. The summed E-state index contributed by atoms with van der Waals surface area (Å²) in [5.41, 5.74) is -0.129. The largest absolute Gasteiger partial charge is 0.458 e. The van der Waals surface area contributed by atoms with Gasteiger partial charge in [0.15, 0.2) is 17.2 Å². The SMILES string of the molecule is CC[C@@]1(O)C(=O)OCc2c1cc1n(c2=O)Cc2c-1nc1cc(F)c(C)c3c1c2[C@@H](N(C)C(=O)[C@H](OCCC(=O)CNC(=O)[C@@H](CC(=O)CNC(=O)CCC(=O)CCCCCN1C(=O)C=CC1=O)Cc1ccccc1)C(F)(F)F)CC3. The molecule has 4 atom stereocenters. The normalized spacial score (nSPS) is 17.8. The Morgan fingerprint density at radius 1 is 0.900 bits per heavy atom. The molecule has 5 amide bonds. The number of likely N-dealkylation sites (N-methyl/N-ethyl adjacent to an activating group) is 1. The first-order chi connectivity index (χ1) is 38.0. The van der Waals surface area contributed by atoms with E-state index in [4.69, 9.17) is 14.5 Å². The number of esters is 1. The van der Waals surface area contributed by atoms with Gasteiger partial charge < -0.3 is 34.7 Å². The quantitative estimate of drug-likeness (QED) is 0.0308. The van der Waals surface area contributed by atoms with Crippen LogP contribution in [0.4, 0.5) is 17.6 Å². The lowest BCUT2D eigenvalue weighted by atomic mass is 9.81. The number of nitrogens with one attached hydrogen (secondary N) is 2. The molecule has 0 spiro atoms. The van der Waals surface area contributed by atoms with Gasteiger partial charge in [0.25, 0.3) is 23.3 Å². The zero-order chi connectivity index (χ0) is 57.8. The first-order valence-corrected chi connectivity index (χ1v) is 26.5. The van der Waals surface area contributed by atoms with E-state index < -0.39 is 109 Å². The second kappa shape index (κ2) is 24.3. The third-order valence-corrected chi connectivity index (χ3v) is 15.3. The van der Waals surface area contributed by atoms with E-state index in [1.807, 2.05) is 0 Å². The molecule has 0 fully saturated rings. The van der Waals surface area contributed by atoms with E-state index in [-0.39, 0.29) is 116 Å². The van der Waals surface area contributed by atoms with Crippen LogP contribution in [0.3, 0.4) is 0 Å². The Kier molecular flexibility index (Phi) is 17.7. The molecule has 5 heterocycles. The molecule has 3 aliphatic heterocycles. The van der Waals surface area contributed by atoms with Gasteiger partial charge in [0, 0.05) is 86.3 Å². The number of hydrogen-bond acceptors (Lipinski definition) is 14. The Morgan fingerprint density at radius 2 is 1.61 bits per heavy atom. The number of rotatable bonds is 25. The van der Waals surface area contributed by atoms with Crippen LogP contribution in [0.25, 0.3) is 22.3 Å². The number of ether oxygens (including phenoxy) is 2. The van der Waals surface area contributed by atoms with Crippen molar-refractivity contribution in [2.75, 3.05) is 33.3 Å². The number of Topliss-reactive ketones (excluding diaryl/α,β-unsaturated/α-hetero) is 3. The van der Waals surface area contributed by atoms with Crippen molar-refractivity contribution < 1.29 is 75.3 Å². The average molecular weight is 1110 g/mol. The third-order valence-electron chi connectivity index (χ3n) is 15.3. The van der Waals surface area contributed by atoms with Gasteiger partial charge in [-0.15, -0.1) is 0 Å². The molecule has 0 saturated carbocycles. The molecule has 1 aliphatic carbocycles. The van der Waals surface area contributed by atoms with Crippen molar-refractivity contribution in [3.63, 3.8) is 0 Å². The number of nitrogens with zero attached hydrogens (tertiary/aromatic N) is 4. The number of fused-ring (bicyclic) bond motifs is 5. The van der Waals surface area contributed by atoms with Gasteiger partial charge in [-0.25, -0.2) is 14.2 Å². The van der Waals surface area contributed by atoms with E-state index in [9.17, 15) is 66.2 Å². The first-order valence-electron chi connectivity index (χ1n) is 26.5. The van der Waals surface area contributed by atoms with Crippen molar-refractivity contribution in [2.24, 2.45) is 5.92 Å². The Labute approximate surface area is 456 Å². The van der Waals surface area contributed by atoms with E-state index in [2.05, 4.69) is 10.6 Å². The van der Waals surface area contributed by atoms with Crippen LogP contribution in [0, 0.1) is 18.7 Å². The number of aryl methyl sites for hydroxylation is 1. The lowest BCUT2D eigenvalue weighted by Crippen LogP contribution is -2.48. The number of ketones is 3. The van der Waals surface area contributed by atoms with Crippen LogP contribution in [0.5, 0.6) is 0 Å². The monoisotopic (exact) mass is 1110 g/mol. The number of unbranched alkanes of at least 4 members (excludes halogenated alkanes) is 2. The minimum Gasteiger partial charge on any atom is -0.458 e. The first kappa shape index (κ1) is 58.4. The van der Waals surface area contributed by atoms with E-state index in [1.165, 1.54) is 42.8 Å². The predicted molar refractivity (Wildman–Crippen MR) is 276 cm³/mol. The van der Waals surface area contributed by atoms with Crippen molar-refractivity contribution in [3.8, 4) is 11.4 Å². The van der Waals surface area contributed by atoms with Crippen molar-refractivity contribution in [2.45, 2.75) is 128 Å². The summed E-state index contributed by atoms with van der Waals surface area (Å²) in [6.45, 7) is 0.744. The fourth-order valence-electron chi connectivity index (χ4n) is 10.9. The molecule has 424 valence electrons. The molecule has 4 aliphatic rings. The number of aliphatic hydroxyl groups is 1. The highest BCUT2D eigenvalue weighted by atomic mass is 19.4. The molecule has 80 heavy (non-hydrogen) atoms. The van der Waals surface area contributed by atoms with Crippen LogP contribution in [-0.2, 0) is 84.2 Å². The predicted octanol–water partition coefficient (Wildman–Crippen LogP) is 4.76. The number of cyclic esters (lactones) is 1. The van der Waals surface area contributed by atoms with E-state index in [0.717, 1.165) is 9.80 Å². The topological polar surface area (TPSA) is 258 Å². The summed E-state index contributed by atoms with van der Waals surface area (Å²) in [6.07, 6.45) is -5.38. The number of aromatic nitrogens is 2. The molecule has 19 nitrogen and oxygen atoms in total. The fourth-order valence-corrected chi connectivity index (χ4v) is 10.9. The summed E-state index contributed by atoms with van der Waals surface area (Å²) in [4.78, 5) is 136. The van der Waals surface area contributed by atoms with Gasteiger partial charge in [0.2, 0.25) is 17.9 Å². The molecular weight excluding hydrogens is 1050 g/mol. The number of amides is 5. The molecule has 0 saturated heterocycles. The smallest absolute Gasteiger partial charge is 0.423 e. The summed E-state index contributed by atoms with van der Waals surface area (Å²) < 4.78 is 71.8. The van der Waals surface area contributed by atoms with Crippen molar-refractivity contribution >= 4 is 63.8 Å². The minimum absolute atomic E-state index is 0.0129. The van der Waals surface area contributed by atoms with Crippen LogP contribution in [0.2, 0.25) is 0 Å². The number of pyridine rings is 2. The van der Waals surface area contributed by atoms with Crippen LogP contribution < -0.4 is 16.2 Å². The van der Waals surface area contributed by atoms with Crippen LogP contribution in [0.15, 0.2) is 59.4 Å². The summed E-state index contributed by atoms with van der Waals surface area (Å²) in [5.74, 6) is -7.62. The summed E-state index contributed by atoms with van der Waals surface area (Å²) in [6, 6.07) is 10.1. The van der Waals surface area contributed by atoms with Gasteiger partial charge in [-0.05, 0) is 73.8 Å². The highest BCUT2D eigenvalue weighted by molar-refractivity contribution is 6.12. The molecule has 2 aromatic carbocycles. The van der Waals surface area contributed by atoms with Gasteiger partial charge in [0.05, 0.1) is 54.8 Å². The number of imide groups is 1. The molecule has 0 unspecified atom stereocenters. The molecule has 0 bridgehead atoms. The molecule has 0 radical (unpaired) electrons. The molecule has 8 rings (SSSR count). The zero-order valence-electron chi connectivity index (χ0n) is 44.3. The van der Waals surface area contributed by atoms with E-state index in [1.54, 1.807) is 37.3 Å². The highest BCUT2D eigenvalue weighted by Gasteiger charge is 2.50. The number of alkyl halides is 3. The summed E-state index contributed by atoms with van der Waals surface area (Å²) in [5, 5.41) is 16.7. The Hall–Kier alpha value is -7.79. The fraction of sp³-hybridized carbons (Fsp3) is 0.456. The molecule has 23 heteroatoms. The number of carbonyl (C=O) groups excluding carboxylic acids is 9. The maximum absolute atomic E-state index is 15.5. The Bertz CT molecular complexity index is 3270. The van der Waals surface area contributed by atoms with Gasteiger partial charge in [-0.3, -0.25) is 48.1 Å². The van der Waals surface area contributed by atoms with Crippen LogP contribution in [0.1, 0.15) is 116 Å². The average Bonchev–Trinajstić information content (AvgIpc) is 4.08. The van der Waals surface area contributed by atoms with Crippen molar-refractivity contribution in [1.29, 1.82) is 0 Å². The standard InChI is InChI=1S/C57H60F4N6O13/c1-4-56(78)40-25-44-50-38(29-67(44)53(75)39(40)30-80-55(56)77)49-43(16-15-37-31(2)41(58)26-42(64-50)48(37)49)65(3)54(76)51(57(59,60)61)79-22-20-35(69)27-63-52(74)33(23-32-11-7-5-8-12-32)24-36(70)28-62-45(71)17-14-34(68)13-9-6-10-21-66-46(72)18-19-47(66)73/h5,7-8,11-12,18-19,25-26,33,43,51,78H,4,6,9-10,13-17,20-24,27-30H2,1-3H3,(H,62,71)(H,63,74)/t33-,43+,51+,56+/m1/s1. The van der Waals surface area contributed by atoms with Crippen LogP contribution >= 0.6 is 0 Å². The lowest BCUT2D eigenvalue weighted by molar-refractivity contribution is -0.224. The van der Waals surface area contributed by atoms with Crippen molar-refractivity contribution in [3.05, 3.63) is 110 Å². The maximum atomic E-state index is 15.5. The highest BCUT2D eigenvalue weighted by Crippen LogP contribution is 2.48. The third kappa shape index (κ3) is 12.3. The van der Waals surface area contributed by atoms with Crippen molar-refractivity contribution in [1.82, 2.24) is 30.0 Å². The molecule has 4 aromatic rings. The maximum Gasteiger partial charge on any atom is 0.423 e. The second-order valence-electron chi connectivity index (χ2n) is 20.5. The van der Waals surface area contributed by atoms with Gasteiger partial charge in [0.1, 0.15) is 18.2 Å². The summed E-state index contributed by atoms with van der Waals surface area (Å²) in [7, 11) is 1.17. The second-order valence-corrected chi connectivity index (χ2v) is 20.5. The van der Waals surface area contributed by atoms with E-state index >= 15 is 4.39 Å². The van der Waals surface area contributed by atoms with Gasteiger partial charge in [-0.2, -0.15) is 13.2 Å². The van der Waals surface area contributed by atoms with E-state index in [0.29, 0.717) is 46.9 Å². The molecule has 3 N–H and O–H groups in total. The van der Waals surface area contributed by atoms with Gasteiger partial charge in [-0.1, -0.05) is 43.7 Å².